The van der Waals surface area contributed by atoms with Crippen molar-refractivity contribution in [1.82, 2.24) is 19.7 Å². The maximum atomic E-state index is 14.8. The first kappa shape index (κ1) is 25.8. The molecule has 4 N–H and O–H groups in total. The molecule has 1 unspecified atom stereocenters. The number of fused-ring (bicyclic) bond motifs is 1. The smallest absolute Gasteiger partial charge is 0.395 e. The standard InChI is InChI=1S/C24H21F5N6O2/c1-12(33-20-11-32-34-22(36)21(20)24(27,28)29)3-2-5-35-6-4-13-7-15(16(25)8-14(13)23(35)37)19-9-17(26)18(30)10-31-19/h4,6-12H,2-3,5,30H2,1H3,(H2,33,34,36). The summed E-state index contributed by atoms with van der Waals surface area (Å²) in [5.41, 5.74) is 1.68. The predicted octanol–water partition coefficient (Wildman–Crippen LogP) is 4.31. The van der Waals surface area contributed by atoms with Gasteiger partial charge in [0.25, 0.3) is 11.1 Å². The summed E-state index contributed by atoms with van der Waals surface area (Å²) in [6.07, 6.45) is -0.610. The first-order chi connectivity index (χ1) is 17.5. The van der Waals surface area contributed by atoms with Crippen LogP contribution in [0.4, 0.5) is 33.3 Å². The molecule has 1 aromatic carbocycles. The fourth-order valence-electron chi connectivity index (χ4n) is 3.96. The van der Waals surface area contributed by atoms with Gasteiger partial charge in [-0.3, -0.25) is 14.6 Å². The van der Waals surface area contributed by atoms with Crippen molar-refractivity contribution in [3.8, 4) is 11.3 Å². The van der Waals surface area contributed by atoms with E-state index in [1.807, 2.05) is 0 Å². The van der Waals surface area contributed by atoms with Gasteiger partial charge in [0.15, 0.2) is 0 Å². The third-order valence-corrected chi connectivity index (χ3v) is 5.80. The van der Waals surface area contributed by atoms with Crippen molar-refractivity contribution < 1.29 is 22.0 Å². The highest BCUT2D eigenvalue weighted by molar-refractivity contribution is 5.86. The lowest BCUT2D eigenvalue weighted by atomic mass is 10.0. The largest absolute Gasteiger partial charge is 0.423 e. The van der Waals surface area contributed by atoms with Crippen molar-refractivity contribution in [2.45, 2.75) is 38.5 Å². The minimum atomic E-state index is -4.86. The quantitative estimate of drug-likeness (QED) is 0.313. The van der Waals surface area contributed by atoms with Crippen LogP contribution in [0.25, 0.3) is 22.0 Å². The van der Waals surface area contributed by atoms with Gasteiger partial charge in [-0.15, -0.1) is 0 Å². The second-order valence-electron chi connectivity index (χ2n) is 8.50. The number of benzene rings is 1. The molecule has 0 aliphatic rings. The molecule has 194 valence electrons. The number of pyridine rings is 2. The molecule has 0 fully saturated rings. The highest BCUT2D eigenvalue weighted by Crippen LogP contribution is 2.32. The van der Waals surface area contributed by atoms with Crippen LogP contribution >= 0.6 is 0 Å². The van der Waals surface area contributed by atoms with E-state index in [4.69, 9.17) is 5.73 Å². The van der Waals surface area contributed by atoms with Crippen molar-refractivity contribution in [2.24, 2.45) is 0 Å². The zero-order valence-corrected chi connectivity index (χ0v) is 19.4. The number of nitrogens with two attached hydrogens (primary N) is 1. The molecular weight excluding hydrogens is 499 g/mol. The molecule has 37 heavy (non-hydrogen) atoms. The van der Waals surface area contributed by atoms with Crippen LogP contribution in [0.3, 0.4) is 0 Å². The van der Waals surface area contributed by atoms with E-state index in [1.165, 1.54) is 16.8 Å². The second kappa shape index (κ2) is 9.99. The number of hydrogen-bond donors (Lipinski definition) is 3. The lowest BCUT2D eigenvalue weighted by molar-refractivity contribution is -0.138. The zero-order valence-electron chi connectivity index (χ0n) is 19.4. The molecule has 0 spiro atoms. The number of nitrogen functional groups attached to an aromatic ring is 1. The van der Waals surface area contributed by atoms with Gasteiger partial charge in [0, 0.05) is 30.4 Å². The van der Waals surface area contributed by atoms with E-state index >= 15 is 0 Å². The van der Waals surface area contributed by atoms with Gasteiger partial charge in [-0.1, -0.05) is 0 Å². The average molecular weight is 520 g/mol. The van der Waals surface area contributed by atoms with Crippen LogP contribution in [-0.2, 0) is 12.7 Å². The Morgan fingerprint density at radius 2 is 1.89 bits per heavy atom. The Balaban J connectivity index is 1.48. The van der Waals surface area contributed by atoms with E-state index in [2.05, 4.69) is 15.4 Å². The number of rotatable bonds is 7. The predicted molar refractivity (Wildman–Crippen MR) is 128 cm³/mol. The fraction of sp³-hybridized carbons (Fsp3) is 0.250. The Kier molecular flexibility index (Phi) is 6.96. The van der Waals surface area contributed by atoms with Crippen LogP contribution in [0.5, 0.6) is 0 Å². The minimum absolute atomic E-state index is 0.0101. The third kappa shape index (κ3) is 5.44. The molecule has 0 radical (unpaired) electrons. The summed E-state index contributed by atoms with van der Waals surface area (Å²) in [4.78, 5) is 28.4. The minimum Gasteiger partial charge on any atom is -0.395 e. The number of anilines is 2. The van der Waals surface area contributed by atoms with Gasteiger partial charge in [-0.2, -0.15) is 18.3 Å². The number of halogens is 5. The van der Waals surface area contributed by atoms with Crippen LogP contribution in [0.2, 0.25) is 0 Å². The molecule has 0 saturated heterocycles. The SMILES string of the molecule is CC(CCCn1ccc2cc(-c3cc(F)c(N)cn3)c(F)cc2c1=O)Nc1cn[nH]c(=O)c1C(F)(F)F. The fourth-order valence-corrected chi connectivity index (χ4v) is 3.96. The van der Waals surface area contributed by atoms with Crippen LogP contribution in [0.15, 0.2) is 52.4 Å². The van der Waals surface area contributed by atoms with Gasteiger partial charge in [0.1, 0.15) is 17.2 Å². The first-order valence-electron chi connectivity index (χ1n) is 11.1. The molecule has 13 heteroatoms. The van der Waals surface area contributed by atoms with Gasteiger partial charge < -0.3 is 15.6 Å². The molecular formula is C24H21F5N6O2. The van der Waals surface area contributed by atoms with Gasteiger partial charge in [0.05, 0.1) is 34.8 Å². The monoisotopic (exact) mass is 520 g/mol. The van der Waals surface area contributed by atoms with Crippen LogP contribution in [-0.4, -0.2) is 25.8 Å². The summed E-state index contributed by atoms with van der Waals surface area (Å²) in [6.45, 7) is 1.85. The molecule has 0 amide bonds. The third-order valence-electron chi connectivity index (χ3n) is 5.80. The summed E-state index contributed by atoms with van der Waals surface area (Å²) in [6, 6.07) is 4.59. The summed E-state index contributed by atoms with van der Waals surface area (Å²) < 4.78 is 69.6. The van der Waals surface area contributed by atoms with Crippen molar-refractivity contribution in [1.29, 1.82) is 0 Å². The molecule has 0 aliphatic carbocycles. The van der Waals surface area contributed by atoms with Crippen molar-refractivity contribution in [3.05, 3.63) is 80.8 Å². The van der Waals surface area contributed by atoms with E-state index in [9.17, 15) is 31.5 Å². The lowest BCUT2D eigenvalue weighted by Crippen LogP contribution is -2.27. The highest BCUT2D eigenvalue weighted by atomic mass is 19.4. The number of hydrogen-bond acceptors (Lipinski definition) is 6. The number of aromatic amines is 1. The Hall–Kier alpha value is -4.29. The first-order valence-corrected chi connectivity index (χ1v) is 11.1. The number of nitrogens with one attached hydrogen (secondary N) is 2. The molecule has 0 aliphatic heterocycles. The normalized spacial score (nSPS) is 12.6. The summed E-state index contributed by atoms with van der Waals surface area (Å²) in [5, 5.41) is 8.36. The summed E-state index contributed by atoms with van der Waals surface area (Å²) >= 11 is 0. The van der Waals surface area contributed by atoms with E-state index in [0.29, 0.717) is 18.2 Å². The Labute approximate surface area is 206 Å². The van der Waals surface area contributed by atoms with Gasteiger partial charge >= 0.3 is 6.18 Å². The molecule has 0 bridgehead atoms. The number of alkyl halides is 3. The van der Waals surface area contributed by atoms with Gasteiger partial charge in [-0.05, 0) is 43.4 Å². The van der Waals surface area contributed by atoms with E-state index < -0.39 is 46.2 Å². The van der Waals surface area contributed by atoms with Gasteiger partial charge in [-0.25, -0.2) is 13.9 Å². The average Bonchev–Trinajstić information content (AvgIpc) is 2.81. The van der Waals surface area contributed by atoms with Crippen LogP contribution in [0.1, 0.15) is 25.3 Å². The van der Waals surface area contributed by atoms with Crippen LogP contribution < -0.4 is 22.2 Å². The molecule has 4 aromatic rings. The Morgan fingerprint density at radius 1 is 1.14 bits per heavy atom. The topological polar surface area (TPSA) is 119 Å². The van der Waals surface area contributed by atoms with E-state index in [-0.39, 0.29) is 28.9 Å². The Bertz CT molecular complexity index is 1580. The molecule has 3 heterocycles. The van der Waals surface area contributed by atoms with Crippen LogP contribution in [0, 0.1) is 11.6 Å². The summed E-state index contributed by atoms with van der Waals surface area (Å²) in [5.74, 6) is -1.50. The summed E-state index contributed by atoms with van der Waals surface area (Å²) in [7, 11) is 0. The zero-order chi connectivity index (χ0) is 26.9. The highest BCUT2D eigenvalue weighted by Gasteiger charge is 2.37. The van der Waals surface area contributed by atoms with E-state index in [0.717, 1.165) is 24.5 Å². The number of aromatic nitrogens is 4. The lowest BCUT2D eigenvalue weighted by Gasteiger charge is -2.18. The van der Waals surface area contributed by atoms with E-state index in [1.54, 1.807) is 18.1 Å². The molecule has 1 atom stereocenters. The molecule has 0 saturated carbocycles. The number of nitrogens with zero attached hydrogens (tertiary/aromatic N) is 3. The molecule has 8 nitrogen and oxygen atoms in total. The van der Waals surface area contributed by atoms with Crippen molar-refractivity contribution in [3.63, 3.8) is 0 Å². The molecule has 4 rings (SSSR count). The number of H-pyrrole nitrogens is 1. The number of aryl methyl sites for hydroxylation is 1. The van der Waals surface area contributed by atoms with Gasteiger partial charge in [0.2, 0.25) is 0 Å². The van der Waals surface area contributed by atoms with Crippen molar-refractivity contribution >= 4 is 22.1 Å². The second-order valence-corrected chi connectivity index (χ2v) is 8.50. The van der Waals surface area contributed by atoms with Crippen molar-refractivity contribution in [2.75, 3.05) is 11.1 Å². The Morgan fingerprint density at radius 3 is 2.59 bits per heavy atom. The molecule has 3 aromatic heterocycles. The maximum absolute atomic E-state index is 14.8. The maximum Gasteiger partial charge on any atom is 0.423 e.